The van der Waals surface area contributed by atoms with Crippen molar-refractivity contribution in [2.75, 3.05) is 52.4 Å². The number of rotatable bonds is 33. The first-order valence-electron chi connectivity index (χ1n) is 18.5. The quantitative estimate of drug-likeness (QED) is 0.0748. The van der Waals surface area contributed by atoms with E-state index in [2.05, 4.69) is 48.1 Å². The van der Waals surface area contributed by atoms with Gasteiger partial charge in [0.2, 0.25) is 11.8 Å². The summed E-state index contributed by atoms with van der Waals surface area (Å²) in [6.07, 6.45) is 27.2. The van der Waals surface area contributed by atoms with Crippen LogP contribution in [0.25, 0.3) is 0 Å². The third-order valence-electron chi connectivity index (χ3n) is 8.64. The van der Waals surface area contributed by atoms with Gasteiger partial charge in [-0.05, 0) is 25.9 Å². The fourth-order valence-corrected chi connectivity index (χ4v) is 5.53. The second kappa shape index (κ2) is 32.8. The minimum Gasteiger partial charge on any atom is -0.356 e. The van der Waals surface area contributed by atoms with E-state index >= 15 is 0 Å². The van der Waals surface area contributed by atoms with Crippen LogP contribution in [0.4, 0.5) is 0 Å². The van der Waals surface area contributed by atoms with Crippen LogP contribution in [0.1, 0.15) is 169 Å². The van der Waals surface area contributed by atoms with E-state index in [1.54, 1.807) is 0 Å². The molecule has 0 saturated carbocycles. The van der Waals surface area contributed by atoms with Crippen molar-refractivity contribution < 1.29 is 9.59 Å². The summed E-state index contributed by atoms with van der Waals surface area (Å²) in [6, 6.07) is 0. The molecule has 0 aromatic carbocycles. The fourth-order valence-electron chi connectivity index (χ4n) is 5.53. The second-order valence-electron chi connectivity index (χ2n) is 12.4. The Kier molecular flexibility index (Phi) is 31.9. The maximum absolute atomic E-state index is 12.5. The van der Waals surface area contributed by atoms with Crippen LogP contribution >= 0.6 is 0 Å². The first kappa shape index (κ1) is 40.9. The molecular weight excluding hydrogens is 520 g/mol. The molecule has 0 unspecified atom stereocenters. The Morgan fingerprint density at radius 2 is 0.714 bits per heavy atom. The topological polar surface area (TPSA) is 64.7 Å². The first-order valence-corrected chi connectivity index (χ1v) is 18.5. The highest BCUT2D eigenvalue weighted by Gasteiger charge is 2.12. The van der Waals surface area contributed by atoms with Gasteiger partial charge in [-0.2, -0.15) is 0 Å². The summed E-state index contributed by atoms with van der Waals surface area (Å²) >= 11 is 0. The van der Waals surface area contributed by atoms with Gasteiger partial charge in [-0.3, -0.25) is 9.59 Å². The zero-order chi connectivity index (χ0) is 30.9. The monoisotopic (exact) mass is 595 g/mol. The molecule has 42 heavy (non-hydrogen) atoms. The van der Waals surface area contributed by atoms with Crippen molar-refractivity contribution in [2.24, 2.45) is 0 Å². The van der Waals surface area contributed by atoms with E-state index in [-0.39, 0.29) is 11.8 Å². The molecule has 0 heterocycles. The first-order chi connectivity index (χ1) is 20.6. The molecule has 0 aromatic rings. The van der Waals surface area contributed by atoms with E-state index in [9.17, 15) is 9.59 Å². The zero-order valence-corrected chi connectivity index (χ0v) is 28.9. The number of nitrogens with one attached hydrogen (secondary N) is 2. The van der Waals surface area contributed by atoms with Gasteiger partial charge in [-0.1, -0.05) is 143 Å². The lowest BCUT2D eigenvalue weighted by Crippen LogP contribution is -2.39. The van der Waals surface area contributed by atoms with Crippen molar-refractivity contribution in [2.45, 2.75) is 169 Å². The highest BCUT2D eigenvalue weighted by molar-refractivity contribution is 5.76. The Hall–Kier alpha value is -1.14. The molecule has 0 aliphatic carbocycles. The third-order valence-corrected chi connectivity index (χ3v) is 8.64. The molecular formula is C36H74N4O2. The van der Waals surface area contributed by atoms with Crippen LogP contribution in [0.2, 0.25) is 0 Å². The molecule has 250 valence electrons. The van der Waals surface area contributed by atoms with Crippen molar-refractivity contribution in [3.05, 3.63) is 0 Å². The average Bonchev–Trinajstić information content (AvgIpc) is 3.00. The lowest BCUT2D eigenvalue weighted by Gasteiger charge is -2.26. The molecule has 6 heteroatoms. The number of hydrogen-bond donors (Lipinski definition) is 2. The van der Waals surface area contributed by atoms with Gasteiger partial charge in [0.05, 0.1) is 0 Å². The molecule has 0 bridgehead atoms. The Balaban J connectivity index is 4.05. The van der Waals surface area contributed by atoms with Crippen LogP contribution in [-0.2, 0) is 9.59 Å². The Labute approximate surface area is 262 Å². The molecule has 0 saturated heterocycles. The summed E-state index contributed by atoms with van der Waals surface area (Å²) in [7, 11) is 0. The summed E-state index contributed by atoms with van der Waals surface area (Å²) in [5.41, 5.74) is 0. The van der Waals surface area contributed by atoms with E-state index in [0.717, 1.165) is 65.2 Å². The summed E-state index contributed by atoms with van der Waals surface area (Å²) in [5.74, 6) is 0.286. The van der Waals surface area contributed by atoms with Gasteiger partial charge < -0.3 is 20.4 Å². The zero-order valence-electron chi connectivity index (χ0n) is 28.9. The largest absolute Gasteiger partial charge is 0.356 e. The molecule has 2 amide bonds. The number of likely N-dealkylation sites (N-methyl/N-ethyl adjacent to an activating group) is 1. The average molecular weight is 595 g/mol. The highest BCUT2D eigenvalue weighted by Crippen LogP contribution is 2.11. The number of hydrogen-bond acceptors (Lipinski definition) is 4. The molecule has 0 fully saturated rings. The van der Waals surface area contributed by atoms with Crippen LogP contribution in [0.15, 0.2) is 0 Å². The maximum atomic E-state index is 12.5. The van der Waals surface area contributed by atoms with Crippen LogP contribution in [-0.4, -0.2) is 74.0 Å². The predicted octanol–water partition coefficient (Wildman–Crippen LogP) is 8.48. The van der Waals surface area contributed by atoms with E-state index in [0.29, 0.717) is 12.8 Å². The van der Waals surface area contributed by atoms with Gasteiger partial charge in [0.1, 0.15) is 0 Å². The number of carbonyl (C=O) groups excluding carboxylic acids is 2. The SMILES string of the molecule is CCCCCCCCCCCCNC(=O)CCN(CCC(=O)NCCCCCCCCCCCC)CCN(CC)CC. The van der Waals surface area contributed by atoms with E-state index in [1.165, 1.54) is 116 Å². The number of nitrogens with zero attached hydrogens (tertiary/aromatic N) is 2. The summed E-state index contributed by atoms with van der Waals surface area (Å²) < 4.78 is 0. The van der Waals surface area contributed by atoms with E-state index in [4.69, 9.17) is 0 Å². The predicted molar refractivity (Wildman–Crippen MR) is 183 cm³/mol. The van der Waals surface area contributed by atoms with Gasteiger partial charge in [-0.25, -0.2) is 0 Å². The number of carbonyl (C=O) groups is 2. The van der Waals surface area contributed by atoms with Crippen LogP contribution in [0.5, 0.6) is 0 Å². The number of unbranched alkanes of at least 4 members (excludes halogenated alkanes) is 18. The summed E-state index contributed by atoms with van der Waals surface area (Å²) in [6.45, 7) is 15.9. The van der Waals surface area contributed by atoms with Crippen molar-refractivity contribution >= 4 is 11.8 Å². The van der Waals surface area contributed by atoms with Gasteiger partial charge >= 0.3 is 0 Å². The molecule has 0 aromatic heterocycles. The third kappa shape index (κ3) is 29.0. The van der Waals surface area contributed by atoms with Crippen LogP contribution < -0.4 is 10.6 Å². The molecule has 0 spiro atoms. The summed E-state index contributed by atoms with van der Waals surface area (Å²) in [4.78, 5) is 29.7. The molecule has 6 nitrogen and oxygen atoms in total. The molecule has 0 rings (SSSR count). The van der Waals surface area contributed by atoms with Crippen LogP contribution in [0.3, 0.4) is 0 Å². The molecule has 2 N–H and O–H groups in total. The van der Waals surface area contributed by atoms with Gasteiger partial charge in [0.15, 0.2) is 0 Å². The highest BCUT2D eigenvalue weighted by atomic mass is 16.2. The fraction of sp³-hybridized carbons (Fsp3) is 0.944. The molecule has 0 aliphatic rings. The standard InChI is InChI=1S/C36H74N4O2/c1-5-9-11-13-15-17-19-21-23-25-29-37-35(41)27-31-40(34-33-39(7-3)8-4)32-28-36(42)38-30-26-24-22-20-18-16-14-12-10-6-2/h5-34H2,1-4H3,(H,37,41)(H,38,42). The number of amides is 2. The van der Waals surface area contributed by atoms with Crippen molar-refractivity contribution in [1.29, 1.82) is 0 Å². The lowest BCUT2D eigenvalue weighted by atomic mass is 10.1. The minimum atomic E-state index is 0.143. The Morgan fingerprint density at radius 1 is 0.405 bits per heavy atom. The normalized spacial score (nSPS) is 11.5. The Morgan fingerprint density at radius 3 is 1.05 bits per heavy atom. The van der Waals surface area contributed by atoms with E-state index in [1.807, 2.05) is 0 Å². The second-order valence-corrected chi connectivity index (χ2v) is 12.4. The van der Waals surface area contributed by atoms with Gasteiger partial charge in [0, 0.05) is 52.1 Å². The molecule has 0 aliphatic heterocycles. The van der Waals surface area contributed by atoms with Crippen LogP contribution in [0, 0.1) is 0 Å². The van der Waals surface area contributed by atoms with Gasteiger partial charge in [0.25, 0.3) is 0 Å². The smallest absolute Gasteiger partial charge is 0.221 e. The molecule has 0 atom stereocenters. The maximum Gasteiger partial charge on any atom is 0.221 e. The lowest BCUT2D eigenvalue weighted by molar-refractivity contribution is -0.121. The molecule has 0 radical (unpaired) electrons. The van der Waals surface area contributed by atoms with Crippen molar-refractivity contribution in [3.63, 3.8) is 0 Å². The van der Waals surface area contributed by atoms with E-state index < -0.39 is 0 Å². The minimum absolute atomic E-state index is 0.143. The Bertz CT molecular complexity index is 541. The van der Waals surface area contributed by atoms with Crippen molar-refractivity contribution in [3.8, 4) is 0 Å². The van der Waals surface area contributed by atoms with Crippen molar-refractivity contribution in [1.82, 2.24) is 20.4 Å². The van der Waals surface area contributed by atoms with Gasteiger partial charge in [-0.15, -0.1) is 0 Å². The summed E-state index contributed by atoms with van der Waals surface area (Å²) in [5, 5.41) is 6.25.